The minimum atomic E-state index is -1.00. The number of carbonyl (C=O) groups excluding carboxylic acids is 6. The van der Waals surface area contributed by atoms with E-state index in [1.807, 2.05) is 65.8 Å². The van der Waals surface area contributed by atoms with Gasteiger partial charge in [-0.3, -0.25) is 24.0 Å². The van der Waals surface area contributed by atoms with Gasteiger partial charge in [0.15, 0.2) is 0 Å². The van der Waals surface area contributed by atoms with Gasteiger partial charge in [-0.25, -0.2) is 4.79 Å². The summed E-state index contributed by atoms with van der Waals surface area (Å²) in [7, 11) is 0. The van der Waals surface area contributed by atoms with Crippen LogP contribution in [0.5, 0.6) is 0 Å². The largest absolute Gasteiger partial charge is 0.346 e. The highest BCUT2D eigenvalue weighted by Gasteiger charge is 2.43. The first kappa shape index (κ1) is 38.6. The molecule has 1 unspecified atom stereocenters. The summed E-state index contributed by atoms with van der Waals surface area (Å²) in [6.45, 7) is 16.3. The van der Waals surface area contributed by atoms with E-state index in [2.05, 4.69) is 27.8 Å². The molecule has 2 aliphatic heterocycles. The number of nitrogens with one attached hydrogen (secondary N) is 4. The van der Waals surface area contributed by atoms with Crippen LogP contribution in [0.1, 0.15) is 102 Å². The SMILES string of the molecule is C=CCNC(=O)C(=O)C(CCCC1CC1)NC(=O)[C@@H]1CCCN1C(=O)[C@@H](NC(=O)N[C@H](CN1Cc2ccccc2C1=O)C(C)(C)C)C(C)(C)C. The molecule has 12 nitrogen and oxygen atoms in total. The van der Waals surface area contributed by atoms with E-state index in [1.165, 1.54) is 11.0 Å². The summed E-state index contributed by atoms with van der Waals surface area (Å²) in [4.78, 5) is 83.5. The van der Waals surface area contributed by atoms with E-state index in [0.29, 0.717) is 56.8 Å². The Morgan fingerprint density at radius 2 is 1.66 bits per heavy atom. The van der Waals surface area contributed by atoms with Gasteiger partial charge < -0.3 is 31.1 Å². The molecule has 6 amide bonds. The number of urea groups is 1. The molecule has 0 aromatic heterocycles. The van der Waals surface area contributed by atoms with Crippen molar-refractivity contribution < 1.29 is 28.8 Å². The second-order valence-corrected chi connectivity index (χ2v) is 16.2. The van der Waals surface area contributed by atoms with Crippen LogP contribution in [0.2, 0.25) is 0 Å². The minimum absolute atomic E-state index is 0.0811. The number of likely N-dealkylation sites (tertiary alicyclic amines) is 1. The van der Waals surface area contributed by atoms with Gasteiger partial charge in [-0.2, -0.15) is 0 Å². The molecule has 0 radical (unpaired) electrons. The normalized spacial score (nSPS) is 19.2. The fraction of sp³-hybridized carbons (Fsp3) is 0.632. The van der Waals surface area contributed by atoms with Gasteiger partial charge in [-0.15, -0.1) is 6.58 Å². The molecule has 50 heavy (non-hydrogen) atoms. The maximum Gasteiger partial charge on any atom is 0.315 e. The third-order valence-corrected chi connectivity index (χ3v) is 9.94. The lowest BCUT2D eigenvalue weighted by molar-refractivity contribution is -0.143. The fourth-order valence-electron chi connectivity index (χ4n) is 6.63. The van der Waals surface area contributed by atoms with Crippen molar-refractivity contribution in [2.45, 2.75) is 117 Å². The maximum absolute atomic E-state index is 14.2. The van der Waals surface area contributed by atoms with Crippen LogP contribution >= 0.6 is 0 Å². The van der Waals surface area contributed by atoms with Crippen molar-refractivity contribution >= 4 is 35.4 Å². The number of Topliss-reactive ketones (excluding diaryl/α,β-unsaturated/α-hetero) is 1. The molecular weight excluding hydrogens is 636 g/mol. The molecule has 4 N–H and O–H groups in total. The quantitative estimate of drug-likeness (QED) is 0.162. The van der Waals surface area contributed by atoms with Crippen LogP contribution < -0.4 is 21.3 Å². The predicted molar refractivity (Wildman–Crippen MR) is 191 cm³/mol. The molecule has 0 bridgehead atoms. The summed E-state index contributed by atoms with van der Waals surface area (Å²) in [5, 5.41) is 11.2. The number of rotatable bonds is 15. The molecule has 0 spiro atoms. The van der Waals surface area contributed by atoms with Crippen LogP contribution in [0.3, 0.4) is 0 Å². The molecule has 2 heterocycles. The Morgan fingerprint density at radius 3 is 2.28 bits per heavy atom. The van der Waals surface area contributed by atoms with Crippen LogP contribution in [0, 0.1) is 16.7 Å². The number of amides is 6. The number of ketones is 1. The zero-order valence-corrected chi connectivity index (χ0v) is 30.6. The van der Waals surface area contributed by atoms with Crippen molar-refractivity contribution in [1.29, 1.82) is 0 Å². The first-order valence-electron chi connectivity index (χ1n) is 18.0. The van der Waals surface area contributed by atoms with Gasteiger partial charge in [0, 0.05) is 31.7 Å². The third kappa shape index (κ3) is 9.94. The molecular formula is C38H56N6O6. The van der Waals surface area contributed by atoms with E-state index in [0.717, 1.165) is 24.8 Å². The Kier molecular flexibility index (Phi) is 12.5. The number of benzene rings is 1. The second-order valence-electron chi connectivity index (χ2n) is 16.2. The Balaban J connectivity index is 1.43. The molecule has 1 saturated carbocycles. The average Bonchev–Trinajstić information content (AvgIpc) is 3.64. The van der Waals surface area contributed by atoms with Crippen LogP contribution in [0.15, 0.2) is 36.9 Å². The number of fused-ring (bicyclic) bond motifs is 1. The molecule has 4 atom stereocenters. The third-order valence-electron chi connectivity index (χ3n) is 9.94. The van der Waals surface area contributed by atoms with E-state index in [4.69, 9.17) is 0 Å². The minimum Gasteiger partial charge on any atom is -0.346 e. The number of hydrogen-bond acceptors (Lipinski definition) is 6. The lowest BCUT2D eigenvalue weighted by atomic mass is 9.85. The van der Waals surface area contributed by atoms with Crippen molar-refractivity contribution in [3.63, 3.8) is 0 Å². The topological polar surface area (TPSA) is 157 Å². The molecule has 1 aromatic rings. The van der Waals surface area contributed by atoms with Gasteiger partial charge in [-0.1, -0.05) is 91.5 Å². The molecule has 3 aliphatic rings. The van der Waals surface area contributed by atoms with Gasteiger partial charge >= 0.3 is 6.03 Å². The summed E-state index contributed by atoms with van der Waals surface area (Å²) in [6.07, 6.45) is 6.73. The van der Waals surface area contributed by atoms with Crippen LogP contribution in [0.4, 0.5) is 4.79 Å². The van der Waals surface area contributed by atoms with Crippen LogP contribution in [-0.4, -0.2) is 89.0 Å². The van der Waals surface area contributed by atoms with Crippen molar-refractivity contribution in [1.82, 2.24) is 31.1 Å². The highest BCUT2D eigenvalue weighted by atomic mass is 16.2. The van der Waals surface area contributed by atoms with E-state index in [-0.39, 0.29) is 12.5 Å². The summed E-state index contributed by atoms with van der Waals surface area (Å²) in [5.41, 5.74) is 0.479. The Hall–Kier alpha value is -4.22. The Morgan fingerprint density at radius 1 is 0.960 bits per heavy atom. The van der Waals surface area contributed by atoms with Crippen LogP contribution in [0.25, 0.3) is 0 Å². The van der Waals surface area contributed by atoms with E-state index in [1.54, 1.807) is 4.90 Å². The lowest BCUT2D eigenvalue weighted by Gasteiger charge is -2.38. The van der Waals surface area contributed by atoms with Gasteiger partial charge in [0.05, 0.1) is 12.1 Å². The molecule has 1 aliphatic carbocycles. The molecule has 2 fully saturated rings. The predicted octanol–water partition coefficient (Wildman–Crippen LogP) is 3.70. The lowest BCUT2D eigenvalue weighted by Crippen LogP contribution is -2.61. The Bertz CT molecular complexity index is 1460. The Labute approximate surface area is 296 Å². The zero-order chi connectivity index (χ0) is 36.8. The highest BCUT2D eigenvalue weighted by molar-refractivity contribution is 6.38. The number of hydrogen-bond donors (Lipinski definition) is 4. The van der Waals surface area contributed by atoms with E-state index in [9.17, 15) is 28.8 Å². The monoisotopic (exact) mass is 692 g/mol. The van der Waals surface area contributed by atoms with Crippen molar-refractivity contribution in [2.24, 2.45) is 16.7 Å². The molecule has 1 aromatic carbocycles. The first-order chi connectivity index (χ1) is 23.5. The highest BCUT2D eigenvalue weighted by Crippen LogP contribution is 2.34. The summed E-state index contributed by atoms with van der Waals surface area (Å²) in [6, 6.07) is 3.67. The van der Waals surface area contributed by atoms with Crippen molar-refractivity contribution in [3.05, 3.63) is 48.0 Å². The standard InChI is InChI=1S/C38H56N6O6/c1-8-20-39-33(47)30(45)27(16-11-13-24-18-19-24)40-32(46)28-17-12-21-44(28)35(49)31(38(5,6)7)42-36(50)41-29(37(2,3)4)23-43-22-25-14-9-10-15-26(25)34(43)48/h8-10,14-15,24,27-29,31H,1,11-13,16-23H2,2-7H3,(H,39,47)(H,40,46)(H2,41,42,50)/t27?,28-,29+,31+/m0/s1. The molecule has 1 saturated heterocycles. The zero-order valence-electron chi connectivity index (χ0n) is 30.6. The number of carbonyl (C=O) groups is 6. The van der Waals surface area contributed by atoms with Crippen LogP contribution in [-0.2, 0) is 25.7 Å². The molecule has 274 valence electrons. The van der Waals surface area contributed by atoms with Gasteiger partial charge in [0.1, 0.15) is 12.1 Å². The van der Waals surface area contributed by atoms with Crippen molar-refractivity contribution in [2.75, 3.05) is 19.6 Å². The first-order valence-corrected chi connectivity index (χ1v) is 18.0. The summed E-state index contributed by atoms with van der Waals surface area (Å²) < 4.78 is 0. The van der Waals surface area contributed by atoms with Crippen molar-refractivity contribution in [3.8, 4) is 0 Å². The maximum atomic E-state index is 14.2. The van der Waals surface area contributed by atoms with E-state index < -0.39 is 64.5 Å². The molecule has 4 rings (SSSR count). The van der Waals surface area contributed by atoms with Gasteiger partial charge in [-0.05, 0) is 47.6 Å². The summed E-state index contributed by atoms with van der Waals surface area (Å²) in [5.74, 6) is -1.83. The van der Waals surface area contributed by atoms with Gasteiger partial charge in [0.25, 0.3) is 11.8 Å². The van der Waals surface area contributed by atoms with Gasteiger partial charge in [0.2, 0.25) is 17.6 Å². The fourth-order valence-corrected chi connectivity index (χ4v) is 6.63. The smallest absolute Gasteiger partial charge is 0.315 e. The molecule has 12 heteroatoms. The summed E-state index contributed by atoms with van der Waals surface area (Å²) >= 11 is 0. The van der Waals surface area contributed by atoms with E-state index >= 15 is 0 Å². The average molecular weight is 693 g/mol. The number of nitrogens with zero attached hydrogens (tertiary/aromatic N) is 2. The second kappa shape index (κ2) is 16.2.